The normalized spacial score (nSPS) is 8.00. The Bertz CT molecular complexity index is 172. The predicted octanol–water partition coefficient (Wildman–Crippen LogP) is 0.564. The van der Waals surface area contributed by atoms with E-state index in [-0.39, 0.29) is 5.88 Å². The maximum absolute atomic E-state index is 10.3. The Morgan fingerprint density at radius 1 is 1.56 bits per heavy atom. The molecule has 0 aromatic heterocycles. The van der Waals surface area contributed by atoms with Gasteiger partial charge in [-0.3, -0.25) is 4.79 Å². The van der Waals surface area contributed by atoms with E-state index in [1.807, 2.05) is 0 Å². The fourth-order valence-corrected chi connectivity index (χ4v) is 0.346. The molecule has 9 heavy (non-hydrogen) atoms. The van der Waals surface area contributed by atoms with Crippen molar-refractivity contribution in [2.24, 2.45) is 0 Å². The topological polar surface area (TPSA) is 62.3 Å². The van der Waals surface area contributed by atoms with Crippen molar-refractivity contribution in [1.82, 2.24) is 0 Å². The van der Waals surface area contributed by atoms with Gasteiger partial charge in [-0.05, 0) is 0 Å². The van der Waals surface area contributed by atoms with Crippen molar-refractivity contribution >= 4 is 23.3 Å². The van der Waals surface area contributed by atoms with Crippen molar-refractivity contribution in [3.63, 3.8) is 0 Å². The van der Waals surface area contributed by atoms with E-state index < -0.39 is 18.1 Å². The van der Waals surface area contributed by atoms with E-state index in [0.29, 0.717) is 0 Å². The molecule has 1 amide bonds. The number of rotatable bonds is 3. The summed E-state index contributed by atoms with van der Waals surface area (Å²) < 4.78 is 0. The van der Waals surface area contributed by atoms with Crippen LogP contribution in [0.25, 0.3) is 4.98 Å². The number of halogens is 1. The third-order valence-electron chi connectivity index (χ3n) is 0.609. The van der Waals surface area contributed by atoms with Crippen molar-refractivity contribution in [1.29, 1.82) is 5.39 Å². The minimum absolute atomic E-state index is 0.221. The smallest absolute Gasteiger partial charge is 0.298 e. The fraction of sp³-hybridized carbons (Fsp3) is 0.500. The molecule has 0 saturated heterocycles. The standard InChI is InChI=1S/C4H4ClN2O2/c5-2-3(8)1-4(9)7-6/h1-2H2/q+1. The largest absolute Gasteiger partial charge is 0.567 e. The highest BCUT2D eigenvalue weighted by Crippen LogP contribution is 1.88. The number of carbonyl (C=O) groups excluding carboxylic acids is 2. The van der Waals surface area contributed by atoms with Crippen LogP contribution in [0.15, 0.2) is 0 Å². The molecule has 0 aromatic rings. The Labute approximate surface area is 56.4 Å². The summed E-state index contributed by atoms with van der Waals surface area (Å²) in [4.78, 5) is 22.6. The van der Waals surface area contributed by atoms with E-state index in [9.17, 15) is 9.59 Å². The van der Waals surface area contributed by atoms with E-state index in [0.717, 1.165) is 0 Å². The van der Waals surface area contributed by atoms with Gasteiger partial charge in [0.1, 0.15) is 0 Å². The number of diazo groups is 1. The van der Waals surface area contributed by atoms with Gasteiger partial charge in [0, 0.05) is 0 Å². The zero-order valence-electron chi connectivity index (χ0n) is 4.50. The van der Waals surface area contributed by atoms with Crippen molar-refractivity contribution in [3.8, 4) is 0 Å². The SMILES string of the molecule is N#[N+]C(=O)CC(=O)CCl. The summed E-state index contributed by atoms with van der Waals surface area (Å²) in [6, 6.07) is 0. The average Bonchev–Trinajstić information content (AvgIpc) is 1.87. The summed E-state index contributed by atoms with van der Waals surface area (Å²) in [6.45, 7) is 0. The van der Waals surface area contributed by atoms with Crippen molar-refractivity contribution in [2.75, 3.05) is 5.88 Å². The highest BCUT2D eigenvalue weighted by molar-refractivity contribution is 6.29. The van der Waals surface area contributed by atoms with Gasteiger partial charge in [0.15, 0.2) is 12.2 Å². The first kappa shape index (κ1) is 8.05. The van der Waals surface area contributed by atoms with Crippen molar-refractivity contribution < 1.29 is 9.59 Å². The second-order valence-corrected chi connectivity index (χ2v) is 1.61. The molecule has 0 fully saturated rings. The molecule has 0 aliphatic carbocycles. The number of nitrogens with zero attached hydrogens (tertiary/aromatic N) is 2. The molecule has 0 aromatic carbocycles. The summed E-state index contributed by atoms with van der Waals surface area (Å²) >= 11 is 5.03. The average molecular weight is 148 g/mol. The van der Waals surface area contributed by atoms with E-state index in [1.165, 1.54) is 0 Å². The van der Waals surface area contributed by atoms with Gasteiger partial charge >= 0.3 is 5.91 Å². The molecular formula is C4H4ClN2O2+. The number of hydrogen-bond donors (Lipinski definition) is 0. The number of hydrogen-bond acceptors (Lipinski definition) is 3. The lowest BCUT2D eigenvalue weighted by molar-refractivity contribution is -0.123. The van der Waals surface area contributed by atoms with Crippen molar-refractivity contribution in [2.45, 2.75) is 6.42 Å². The molecule has 0 spiro atoms. The molecule has 5 heteroatoms. The number of ketones is 1. The molecule has 0 atom stereocenters. The molecule has 0 N–H and O–H groups in total. The van der Waals surface area contributed by atoms with Crippen LogP contribution in [0.1, 0.15) is 6.42 Å². The van der Waals surface area contributed by atoms with Crippen LogP contribution in [0.3, 0.4) is 0 Å². The minimum atomic E-state index is -0.861. The lowest BCUT2D eigenvalue weighted by Crippen LogP contribution is -2.04. The minimum Gasteiger partial charge on any atom is -0.298 e. The highest BCUT2D eigenvalue weighted by Gasteiger charge is 2.18. The molecule has 0 unspecified atom stereocenters. The summed E-state index contributed by atoms with van der Waals surface area (Å²) in [5.41, 5.74) is 0. The molecule has 0 aliphatic heterocycles. The van der Waals surface area contributed by atoms with Gasteiger partial charge in [-0.25, -0.2) is 0 Å². The maximum atomic E-state index is 10.3. The Kier molecular flexibility index (Phi) is 3.56. The van der Waals surface area contributed by atoms with Gasteiger partial charge in [-0.15, -0.1) is 11.6 Å². The number of carbonyl (C=O) groups is 2. The van der Waals surface area contributed by atoms with E-state index in [4.69, 9.17) is 17.0 Å². The highest BCUT2D eigenvalue weighted by atomic mass is 35.5. The zero-order valence-corrected chi connectivity index (χ0v) is 5.26. The summed E-state index contributed by atoms with van der Waals surface area (Å²) in [7, 11) is 0. The Balaban J connectivity index is 3.64. The Morgan fingerprint density at radius 3 is 2.44 bits per heavy atom. The first-order valence-electron chi connectivity index (χ1n) is 2.16. The monoisotopic (exact) mass is 147 g/mol. The Morgan fingerprint density at radius 2 is 2.11 bits per heavy atom. The fourth-order valence-electron chi connectivity index (χ4n) is 0.251. The van der Waals surface area contributed by atoms with Gasteiger partial charge in [-0.2, -0.15) is 4.79 Å². The molecular weight excluding hydrogens is 144 g/mol. The summed E-state index contributed by atoms with van der Waals surface area (Å²) in [5, 5.41) is 7.76. The van der Waals surface area contributed by atoms with Crippen LogP contribution in [0.4, 0.5) is 0 Å². The quantitative estimate of drug-likeness (QED) is 0.333. The molecule has 4 nitrogen and oxygen atoms in total. The lowest BCUT2D eigenvalue weighted by atomic mass is 10.3. The van der Waals surface area contributed by atoms with Crippen LogP contribution in [0.2, 0.25) is 0 Å². The third kappa shape index (κ3) is 3.62. The number of Topliss-reactive ketones (excluding diaryl/α,β-unsaturated/α-hetero) is 1. The molecule has 48 valence electrons. The lowest BCUT2D eigenvalue weighted by Gasteiger charge is -1.77. The Hall–Kier alpha value is -0.950. The zero-order chi connectivity index (χ0) is 7.28. The van der Waals surface area contributed by atoms with Crippen LogP contribution in [0.5, 0.6) is 0 Å². The first-order chi connectivity index (χ1) is 4.20. The molecule has 0 bridgehead atoms. The van der Waals surface area contributed by atoms with Crippen LogP contribution in [-0.4, -0.2) is 17.6 Å². The molecule has 0 saturated carbocycles. The van der Waals surface area contributed by atoms with Gasteiger partial charge in [0.05, 0.1) is 5.88 Å². The third-order valence-corrected chi connectivity index (χ3v) is 0.907. The van der Waals surface area contributed by atoms with E-state index in [1.54, 1.807) is 0 Å². The molecule has 0 aliphatic rings. The van der Waals surface area contributed by atoms with Crippen LogP contribution >= 0.6 is 11.6 Å². The van der Waals surface area contributed by atoms with Gasteiger partial charge in [-0.1, -0.05) is 0 Å². The number of amides is 1. The van der Waals surface area contributed by atoms with Crippen LogP contribution < -0.4 is 0 Å². The van der Waals surface area contributed by atoms with Crippen LogP contribution in [-0.2, 0) is 9.59 Å². The first-order valence-corrected chi connectivity index (χ1v) is 2.69. The summed E-state index contributed by atoms with van der Waals surface area (Å²) in [5.74, 6) is -1.53. The van der Waals surface area contributed by atoms with Gasteiger partial charge < -0.3 is 0 Å². The molecule has 0 radical (unpaired) electrons. The van der Waals surface area contributed by atoms with Gasteiger partial charge in [0.25, 0.3) is 0 Å². The molecule has 0 heterocycles. The molecule has 0 rings (SSSR count). The number of alkyl halides is 1. The second kappa shape index (κ2) is 3.98. The second-order valence-electron chi connectivity index (χ2n) is 1.34. The van der Waals surface area contributed by atoms with E-state index in [2.05, 4.69) is 4.98 Å². The van der Waals surface area contributed by atoms with E-state index >= 15 is 0 Å². The summed E-state index contributed by atoms with van der Waals surface area (Å²) in [6.07, 6.45) is -0.417. The van der Waals surface area contributed by atoms with Gasteiger partial charge in [0.2, 0.25) is 10.4 Å². The van der Waals surface area contributed by atoms with Crippen molar-refractivity contribution in [3.05, 3.63) is 4.98 Å². The van der Waals surface area contributed by atoms with Crippen LogP contribution in [0, 0.1) is 5.39 Å². The maximum Gasteiger partial charge on any atom is 0.567 e. The predicted molar refractivity (Wildman–Crippen MR) is 30.4 cm³/mol.